The molecule has 0 saturated carbocycles. The number of carbonyl (C=O) groups is 5. The van der Waals surface area contributed by atoms with Gasteiger partial charge in [-0.1, -0.05) is 48.0 Å². The fourth-order valence-electron chi connectivity index (χ4n) is 3.85. The van der Waals surface area contributed by atoms with E-state index >= 15 is 0 Å². The zero-order chi connectivity index (χ0) is 36.4. The number of benzene rings is 1. The monoisotopic (exact) mass is 723 g/mol. The predicted octanol–water partition coefficient (Wildman–Crippen LogP) is -0.543. The number of carboxylic acid groups (broad SMARTS) is 1. The van der Waals surface area contributed by atoms with Crippen LogP contribution in [0.25, 0.3) is 6.08 Å². The van der Waals surface area contributed by atoms with Gasteiger partial charge in [0, 0.05) is 12.8 Å². The van der Waals surface area contributed by atoms with Crippen LogP contribution < -0.4 is 32.7 Å². The number of aliphatic carboxylic acids is 1. The molecule has 18 nitrogen and oxygen atoms in total. The Kier molecular flexibility index (Phi) is 16.3. The highest BCUT2D eigenvalue weighted by molar-refractivity contribution is 7.96. The van der Waals surface area contributed by atoms with Crippen molar-refractivity contribution in [2.24, 2.45) is 16.5 Å². The van der Waals surface area contributed by atoms with E-state index < -0.39 is 75.1 Å². The lowest BCUT2D eigenvalue weighted by Crippen LogP contribution is -2.55. The number of aromatic amines is 1. The van der Waals surface area contributed by atoms with E-state index in [2.05, 4.69) is 36.2 Å². The highest BCUT2D eigenvalue weighted by Gasteiger charge is 2.27. The SMILES string of the molecule is CS(=O)(=O)/C(Cl)=C/[C@H](CC(=O)O)NC(=O)[C@H](/C=C/c1cnc[nH]1)NC(=O)[C@H](CCCN=C(N)N)NC(=O)CNC(=O)OCc1ccccc1. The van der Waals surface area contributed by atoms with Crippen molar-refractivity contribution in [2.75, 3.05) is 19.3 Å². The summed E-state index contributed by atoms with van der Waals surface area (Å²) in [6.07, 6.45) is 5.66. The van der Waals surface area contributed by atoms with Gasteiger partial charge in [-0.05, 0) is 30.6 Å². The third-order valence-corrected chi connectivity index (χ3v) is 7.99. The molecule has 0 saturated heterocycles. The van der Waals surface area contributed by atoms with E-state index in [9.17, 15) is 37.5 Å². The number of nitrogens with one attached hydrogen (secondary N) is 5. The van der Waals surface area contributed by atoms with E-state index in [4.69, 9.17) is 27.8 Å². The van der Waals surface area contributed by atoms with Crippen LogP contribution in [0.4, 0.5) is 4.79 Å². The second kappa shape index (κ2) is 20.1. The average Bonchev–Trinajstić information content (AvgIpc) is 3.55. The fraction of sp³-hybridized carbons (Fsp3) is 0.345. The van der Waals surface area contributed by atoms with Gasteiger partial charge < -0.3 is 47.6 Å². The van der Waals surface area contributed by atoms with E-state index in [1.807, 2.05) is 0 Å². The Morgan fingerprint density at radius 3 is 2.43 bits per heavy atom. The molecule has 3 atom stereocenters. The van der Waals surface area contributed by atoms with Gasteiger partial charge in [0.2, 0.25) is 17.7 Å². The van der Waals surface area contributed by atoms with Crippen LogP contribution in [0.3, 0.4) is 0 Å². The molecule has 0 spiro atoms. The maximum absolute atomic E-state index is 13.5. The van der Waals surface area contributed by atoms with Crippen molar-refractivity contribution < 1.29 is 42.2 Å². The number of nitrogens with zero attached hydrogens (tertiary/aromatic N) is 2. The topological polar surface area (TPSA) is 290 Å². The molecule has 1 heterocycles. The number of hydrogen-bond acceptors (Lipinski definition) is 10. The number of hydrogen-bond donors (Lipinski definition) is 8. The lowest BCUT2D eigenvalue weighted by Gasteiger charge is -2.23. The summed E-state index contributed by atoms with van der Waals surface area (Å²) in [5, 5.41) is 18.9. The number of rotatable bonds is 19. The molecular formula is C29H38ClN9O9S. The molecular weight excluding hydrogens is 686 g/mol. The predicted molar refractivity (Wildman–Crippen MR) is 179 cm³/mol. The molecule has 0 unspecified atom stereocenters. The Hall–Kier alpha value is -5.43. The molecule has 266 valence electrons. The Morgan fingerprint density at radius 1 is 1.10 bits per heavy atom. The van der Waals surface area contributed by atoms with E-state index in [0.29, 0.717) is 5.69 Å². The number of H-pyrrole nitrogens is 1. The maximum atomic E-state index is 13.5. The van der Waals surface area contributed by atoms with Crippen molar-refractivity contribution in [3.05, 3.63) is 70.6 Å². The average molecular weight is 724 g/mol. The Bertz CT molecular complexity index is 1630. The minimum absolute atomic E-state index is 0.0141. The number of aliphatic imine (C=N–C) groups is 1. The molecule has 20 heteroatoms. The van der Waals surface area contributed by atoms with Crippen LogP contribution in [0.5, 0.6) is 0 Å². The Balaban J connectivity index is 2.22. The second-order valence-corrected chi connectivity index (χ2v) is 12.9. The summed E-state index contributed by atoms with van der Waals surface area (Å²) in [4.78, 5) is 73.7. The van der Waals surface area contributed by atoms with Gasteiger partial charge in [0.1, 0.15) is 29.6 Å². The van der Waals surface area contributed by atoms with Crippen LogP contribution >= 0.6 is 11.6 Å². The highest BCUT2D eigenvalue weighted by Crippen LogP contribution is 2.13. The molecule has 2 rings (SSSR count). The van der Waals surface area contributed by atoms with Crippen molar-refractivity contribution in [1.29, 1.82) is 0 Å². The lowest BCUT2D eigenvalue weighted by molar-refractivity contribution is -0.137. The zero-order valence-corrected chi connectivity index (χ0v) is 27.9. The molecule has 4 amide bonds. The largest absolute Gasteiger partial charge is 0.481 e. The van der Waals surface area contributed by atoms with E-state index in [1.165, 1.54) is 24.7 Å². The first-order valence-electron chi connectivity index (χ1n) is 14.5. The summed E-state index contributed by atoms with van der Waals surface area (Å²) in [6.45, 7) is -0.498. The van der Waals surface area contributed by atoms with Gasteiger partial charge in [0.05, 0.1) is 30.7 Å². The number of halogens is 1. The third kappa shape index (κ3) is 16.3. The lowest BCUT2D eigenvalue weighted by atomic mass is 10.1. The molecule has 0 aliphatic heterocycles. The van der Waals surface area contributed by atoms with Crippen molar-refractivity contribution >= 4 is 63.3 Å². The third-order valence-electron chi connectivity index (χ3n) is 6.18. The van der Waals surface area contributed by atoms with Crippen molar-refractivity contribution in [3.63, 3.8) is 0 Å². The normalized spacial score (nSPS) is 13.4. The zero-order valence-electron chi connectivity index (χ0n) is 26.3. The van der Waals surface area contributed by atoms with E-state index in [-0.39, 0.29) is 32.0 Å². The van der Waals surface area contributed by atoms with E-state index in [0.717, 1.165) is 17.9 Å². The molecule has 2 aromatic rings. The van der Waals surface area contributed by atoms with Gasteiger partial charge in [-0.15, -0.1) is 0 Å². The molecule has 0 fully saturated rings. The molecule has 10 N–H and O–H groups in total. The first kappa shape index (κ1) is 39.7. The number of carbonyl (C=O) groups excluding carboxylic acids is 4. The molecule has 0 bridgehead atoms. The van der Waals surface area contributed by atoms with Crippen LogP contribution in [-0.4, -0.2) is 96.7 Å². The number of amides is 4. The maximum Gasteiger partial charge on any atom is 0.407 e. The van der Waals surface area contributed by atoms with Crippen molar-refractivity contribution in [3.8, 4) is 0 Å². The number of aromatic nitrogens is 2. The summed E-state index contributed by atoms with van der Waals surface area (Å²) in [5.74, 6) is -4.13. The number of nitrogens with two attached hydrogens (primary N) is 2. The minimum Gasteiger partial charge on any atom is -0.481 e. The number of guanidine groups is 1. The number of sulfone groups is 1. The summed E-state index contributed by atoms with van der Waals surface area (Å²) in [5.41, 5.74) is 11.9. The van der Waals surface area contributed by atoms with Crippen molar-refractivity contribution in [1.82, 2.24) is 31.2 Å². The van der Waals surface area contributed by atoms with Crippen LogP contribution in [0.2, 0.25) is 0 Å². The standard InChI is InChI=1S/C29H38ClN9O9S/c1-49(46,47)23(30)12-20(13-25(41)42)37-26(43)22(10-9-19-14-33-17-36-19)39-27(44)21(8-5-11-34-28(31)32)38-24(40)15-35-29(45)48-16-18-6-3-2-4-7-18/h2-4,6-7,9-10,12,14,17,20-22H,5,8,11,13,15-16H2,1H3,(H,33,36)(H,35,45)(H,37,43)(H,38,40)(H,39,44)(H,41,42)(H4,31,32,34)/b10-9+,23-12+/t20-,21+,22+/m1/s1. The quantitative estimate of drug-likeness (QED) is 0.0515. The molecule has 0 radical (unpaired) electrons. The van der Waals surface area contributed by atoms with Crippen molar-refractivity contribution in [2.45, 2.75) is 44.0 Å². The summed E-state index contributed by atoms with van der Waals surface area (Å²) in [6, 6.07) is 4.68. The second-order valence-electron chi connectivity index (χ2n) is 10.3. The summed E-state index contributed by atoms with van der Waals surface area (Å²) in [7, 11) is -3.93. The Morgan fingerprint density at radius 2 is 1.82 bits per heavy atom. The number of carboxylic acids is 1. The first-order chi connectivity index (χ1) is 23.1. The van der Waals surface area contributed by atoms with Crippen LogP contribution in [-0.2, 0) is 40.4 Å². The van der Waals surface area contributed by atoms with Gasteiger partial charge in [-0.25, -0.2) is 18.2 Å². The molecule has 1 aromatic heterocycles. The van der Waals surface area contributed by atoms with Gasteiger partial charge in [-0.2, -0.15) is 0 Å². The Labute approximate surface area is 286 Å². The minimum atomic E-state index is -3.93. The number of imidazole rings is 1. The molecule has 0 aliphatic carbocycles. The molecule has 0 aliphatic rings. The van der Waals surface area contributed by atoms with Gasteiger partial charge in [0.15, 0.2) is 15.8 Å². The van der Waals surface area contributed by atoms with Crippen LogP contribution in [0, 0.1) is 0 Å². The highest BCUT2D eigenvalue weighted by atomic mass is 35.5. The summed E-state index contributed by atoms with van der Waals surface area (Å²) >= 11 is 5.81. The molecule has 1 aromatic carbocycles. The molecule has 49 heavy (non-hydrogen) atoms. The number of ether oxygens (including phenoxy) is 1. The van der Waals surface area contributed by atoms with Gasteiger partial charge >= 0.3 is 12.1 Å². The van der Waals surface area contributed by atoms with Gasteiger partial charge in [0.25, 0.3) is 0 Å². The van der Waals surface area contributed by atoms with E-state index in [1.54, 1.807) is 30.3 Å². The van der Waals surface area contributed by atoms with Gasteiger partial charge in [-0.3, -0.25) is 24.2 Å². The fourth-order valence-corrected chi connectivity index (χ4v) is 4.41. The van der Waals surface area contributed by atoms with Crippen LogP contribution in [0.1, 0.15) is 30.5 Å². The number of alkyl carbamates (subject to hydrolysis) is 1. The first-order valence-corrected chi connectivity index (χ1v) is 16.8. The van der Waals surface area contributed by atoms with Crippen LogP contribution in [0.15, 0.2) is 64.4 Å². The smallest absolute Gasteiger partial charge is 0.407 e. The summed E-state index contributed by atoms with van der Waals surface area (Å²) < 4.78 is 28.0.